The maximum absolute atomic E-state index is 13.8. The molecule has 0 amide bonds. The molecule has 0 aliphatic heterocycles. The molecule has 0 saturated carbocycles. The van der Waals surface area contributed by atoms with Gasteiger partial charge in [0.2, 0.25) is 0 Å². The van der Waals surface area contributed by atoms with Gasteiger partial charge in [-0.1, -0.05) is 18.2 Å². The molecule has 1 aromatic carbocycles. The Labute approximate surface area is 144 Å². The van der Waals surface area contributed by atoms with Crippen LogP contribution >= 0.6 is 0 Å². The fourth-order valence-corrected chi connectivity index (χ4v) is 2.75. The summed E-state index contributed by atoms with van der Waals surface area (Å²) in [6.07, 6.45) is 2.71. The second kappa shape index (κ2) is 6.86. The summed E-state index contributed by atoms with van der Waals surface area (Å²) < 4.78 is 21.5. The van der Waals surface area contributed by atoms with Crippen LogP contribution in [-0.2, 0) is 13.0 Å². The molecule has 0 unspecified atom stereocenters. The second-order valence-corrected chi connectivity index (χ2v) is 5.72. The highest BCUT2D eigenvalue weighted by Gasteiger charge is 2.09. The minimum atomic E-state index is -0.282. The molecule has 4 aromatic rings. The van der Waals surface area contributed by atoms with Crippen molar-refractivity contribution in [2.24, 2.45) is 0 Å². The van der Waals surface area contributed by atoms with Crippen LogP contribution in [0.5, 0.6) is 0 Å². The zero-order chi connectivity index (χ0) is 17.1. The Hall–Kier alpha value is -2.99. The minimum Gasteiger partial charge on any atom is -0.460 e. The SMILES string of the molecule is Fc1ccccc1-c1ccc(CNCCc2nnc3ccccn23)o1. The van der Waals surface area contributed by atoms with Crippen LogP contribution in [0, 0.1) is 5.82 Å². The number of nitrogens with zero attached hydrogens (tertiary/aromatic N) is 3. The molecule has 0 bridgehead atoms. The van der Waals surface area contributed by atoms with E-state index in [1.54, 1.807) is 24.3 Å². The van der Waals surface area contributed by atoms with Crippen molar-refractivity contribution < 1.29 is 8.81 Å². The van der Waals surface area contributed by atoms with Gasteiger partial charge in [0.25, 0.3) is 0 Å². The van der Waals surface area contributed by atoms with E-state index in [-0.39, 0.29) is 5.82 Å². The summed E-state index contributed by atoms with van der Waals surface area (Å²) in [6.45, 7) is 1.32. The largest absolute Gasteiger partial charge is 0.460 e. The number of halogens is 1. The van der Waals surface area contributed by atoms with Gasteiger partial charge >= 0.3 is 0 Å². The van der Waals surface area contributed by atoms with Crippen molar-refractivity contribution in [2.45, 2.75) is 13.0 Å². The molecule has 25 heavy (non-hydrogen) atoms. The van der Waals surface area contributed by atoms with Gasteiger partial charge in [-0.2, -0.15) is 0 Å². The van der Waals surface area contributed by atoms with E-state index >= 15 is 0 Å². The molecule has 0 aliphatic rings. The number of rotatable bonds is 6. The first-order valence-electron chi connectivity index (χ1n) is 8.14. The quantitative estimate of drug-likeness (QED) is 0.548. The number of aromatic nitrogens is 3. The van der Waals surface area contributed by atoms with Crippen molar-refractivity contribution >= 4 is 5.65 Å². The van der Waals surface area contributed by atoms with Gasteiger partial charge in [-0.3, -0.25) is 4.40 Å². The second-order valence-electron chi connectivity index (χ2n) is 5.72. The molecule has 0 radical (unpaired) electrons. The number of hydrogen-bond donors (Lipinski definition) is 1. The third kappa shape index (κ3) is 3.29. The fraction of sp³-hybridized carbons (Fsp3) is 0.158. The van der Waals surface area contributed by atoms with Gasteiger partial charge in [0.05, 0.1) is 12.1 Å². The molecule has 126 valence electrons. The van der Waals surface area contributed by atoms with Crippen molar-refractivity contribution in [1.82, 2.24) is 19.9 Å². The Morgan fingerprint density at radius 2 is 1.88 bits per heavy atom. The Balaban J connectivity index is 1.34. The van der Waals surface area contributed by atoms with Gasteiger partial charge in [0, 0.05) is 19.2 Å². The molecule has 0 fully saturated rings. The van der Waals surface area contributed by atoms with Gasteiger partial charge in [-0.25, -0.2) is 4.39 Å². The number of hydrogen-bond acceptors (Lipinski definition) is 4. The Kier molecular flexibility index (Phi) is 4.26. The van der Waals surface area contributed by atoms with Crippen LogP contribution in [0.4, 0.5) is 4.39 Å². The average Bonchev–Trinajstić information content (AvgIpc) is 3.26. The lowest BCUT2D eigenvalue weighted by molar-refractivity contribution is 0.490. The van der Waals surface area contributed by atoms with E-state index in [0.717, 1.165) is 30.2 Å². The van der Waals surface area contributed by atoms with E-state index in [1.165, 1.54) is 6.07 Å². The van der Waals surface area contributed by atoms with Crippen molar-refractivity contribution in [2.75, 3.05) is 6.54 Å². The third-order valence-electron chi connectivity index (χ3n) is 4.01. The van der Waals surface area contributed by atoms with Gasteiger partial charge in [0.15, 0.2) is 5.65 Å². The normalized spacial score (nSPS) is 11.2. The van der Waals surface area contributed by atoms with Gasteiger partial charge < -0.3 is 9.73 Å². The molecule has 0 atom stereocenters. The number of fused-ring (bicyclic) bond motifs is 1. The number of benzene rings is 1. The molecule has 0 aliphatic carbocycles. The number of nitrogens with one attached hydrogen (secondary N) is 1. The summed E-state index contributed by atoms with van der Waals surface area (Å²) in [5, 5.41) is 11.6. The average molecular weight is 336 g/mol. The minimum absolute atomic E-state index is 0.282. The van der Waals surface area contributed by atoms with E-state index < -0.39 is 0 Å². The molecule has 3 heterocycles. The Bertz CT molecular complexity index is 992. The number of furan rings is 1. The van der Waals surface area contributed by atoms with Crippen LogP contribution in [0.2, 0.25) is 0 Å². The van der Waals surface area contributed by atoms with E-state index in [9.17, 15) is 4.39 Å². The Morgan fingerprint density at radius 3 is 2.80 bits per heavy atom. The molecular formula is C19H17FN4O. The van der Waals surface area contributed by atoms with E-state index in [1.807, 2.05) is 34.9 Å². The van der Waals surface area contributed by atoms with E-state index in [4.69, 9.17) is 4.42 Å². The molecule has 3 aromatic heterocycles. The number of pyridine rings is 1. The standard InChI is InChI=1S/C19H17FN4O/c20-16-6-2-1-5-15(16)17-9-8-14(25-17)13-21-11-10-19-23-22-18-7-3-4-12-24(18)19/h1-9,12,21H,10-11,13H2. The lowest BCUT2D eigenvalue weighted by Crippen LogP contribution is -2.17. The summed E-state index contributed by atoms with van der Waals surface area (Å²) in [4.78, 5) is 0. The van der Waals surface area contributed by atoms with Gasteiger partial charge in [-0.05, 0) is 36.4 Å². The topological polar surface area (TPSA) is 55.4 Å². The third-order valence-corrected chi connectivity index (χ3v) is 4.01. The lowest BCUT2D eigenvalue weighted by Gasteiger charge is -2.03. The van der Waals surface area contributed by atoms with Crippen LogP contribution < -0.4 is 5.32 Å². The van der Waals surface area contributed by atoms with Crippen LogP contribution in [0.15, 0.2) is 65.2 Å². The molecule has 1 N–H and O–H groups in total. The predicted octanol–water partition coefficient (Wildman–Crippen LogP) is 3.46. The van der Waals surface area contributed by atoms with E-state index in [2.05, 4.69) is 15.5 Å². The fourth-order valence-electron chi connectivity index (χ4n) is 2.75. The van der Waals surface area contributed by atoms with Crippen molar-refractivity contribution in [3.8, 4) is 11.3 Å². The molecule has 4 rings (SSSR count). The van der Waals surface area contributed by atoms with Crippen molar-refractivity contribution in [3.63, 3.8) is 0 Å². The first-order valence-corrected chi connectivity index (χ1v) is 8.14. The van der Waals surface area contributed by atoms with Crippen molar-refractivity contribution in [1.29, 1.82) is 0 Å². The maximum atomic E-state index is 13.8. The predicted molar refractivity (Wildman–Crippen MR) is 92.5 cm³/mol. The van der Waals surface area contributed by atoms with Gasteiger partial charge in [-0.15, -0.1) is 10.2 Å². The molecule has 0 spiro atoms. The highest BCUT2D eigenvalue weighted by molar-refractivity contribution is 5.58. The van der Waals surface area contributed by atoms with Crippen LogP contribution in [0.3, 0.4) is 0 Å². The summed E-state index contributed by atoms with van der Waals surface area (Å²) in [6, 6.07) is 16.1. The molecule has 5 nitrogen and oxygen atoms in total. The smallest absolute Gasteiger partial charge is 0.160 e. The van der Waals surface area contributed by atoms with Gasteiger partial charge in [0.1, 0.15) is 23.2 Å². The van der Waals surface area contributed by atoms with Crippen LogP contribution in [0.1, 0.15) is 11.6 Å². The van der Waals surface area contributed by atoms with Crippen LogP contribution in [0.25, 0.3) is 17.0 Å². The zero-order valence-corrected chi connectivity index (χ0v) is 13.5. The summed E-state index contributed by atoms with van der Waals surface area (Å²) in [5.41, 5.74) is 1.32. The zero-order valence-electron chi connectivity index (χ0n) is 13.5. The summed E-state index contributed by atoms with van der Waals surface area (Å²) in [5.74, 6) is 1.94. The lowest BCUT2D eigenvalue weighted by atomic mass is 10.1. The first-order chi connectivity index (χ1) is 12.3. The summed E-state index contributed by atoms with van der Waals surface area (Å²) >= 11 is 0. The monoisotopic (exact) mass is 336 g/mol. The first kappa shape index (κ1) is 15.5. The molecule has 0 saturated heterocycles. The summed E-state index contributed by atoms with van der Waals surface area (Å²) in [7, 11) is 0. The maximum Gasteiger partial charge on any atom is 0.160 e. The highest BCUT2D eigenvalue weighted by Crippen LogP contribution is 2.24. The van der Waals surface area contributed by atoms with Crippen LogP contribution in [-0.4, -0.2) is 21.1 Å². The molecular weight excluding hydrogens is 319 g/mol. The molecule has 6 heteroatoms. The van der Waals surface area contributed by atoms with Crippen molar-refractivity contribution in [3.05, 3.63) is 78.2 Å². The highest BCUT2D eigenvalue weighted by atomic mass is 19.1. The Morgan fingerprint density at radius 1 is 1.00 bits per heavy atom. The van der Waals surface area contributed by atoms with E-state index in [0.29, 0.717) is 17.9 Å².